The molecule has 0 spiro atoms. The number of nitriles is 1. The molecule has 0 aliphatic carbocycles. The number of oxime groups is 1. The Bertz CT molecular complexity index is 885. The van der Waals surface area contributed by atoms with E-state index in [0.717, 1.165) is 5.56 Å². The molecule has 7 heteroatoms. The zero-order valence-electron chi connectivity index (χ0n) is 14.4. The largest absolute Gasteiger partial charge is 0.497 e. The first-order chi connectivity index (χ1) is 12.6. The maximum absolute atomic E-state index is 12.4. The van der Waals surface area contributed by atoms with Crippen molar-refractivity contribution in [2.75, 3.05) is 19.5 Å². The van der Waals surface area contributed by atoms with E-state index >= 15 is 0 Å². The molecule has 1 aliphatic heterocycles. The summed E-state index contributed by atoms with van der Waals surface area (Å²) in [4.78, 5) is 17.7. The van der Waals surface area contributed by atoms with Gasteiger partial charge in [0.05, 0.1) is 31.6 Å². The molecule has 0 radical (unpaired) electrons. The number of carbonyl (C=O) groups is 1. The average molecular weight is 351 g/mol. The minimum atomic E-state index is -0.739. The fourth-order valence-electron chi connectivity index (χ4n) is 2.57. The van der Waals surface area contributed by atoms with Crippen molar-refractivity contribution < 1.29 is 19.1 Å². The van der Waals surface area contributed by atoms with Gasteiger partial charge in [0.25, 0.3) is 5.91 Å². The maximum atomic E-state index is 12.4. The van der Waals surface area contributed by atoms with Crippen molar-refractivity contribution >= 4 is 17.3 Å². The Kier molecular flexibility index (Phi) is 5.04. The standard InChI is InChI=1S/C19H17N3O4/c1-24-14-7-8-17(25-2)15(9-14)16-10-18(26-22-16)19(23)21-13-5-3-12(11-20)4-6-13/h3-9,18H,10H2,1-2H3,(H,21,23)/t18-/m1/s1. The highest BCUT2D eigenvalue weighted by molar-refractivity contribution is 6.07. The predicted molar refractivity (Wildman–Crippen MR) is 95.4 cm³/mol. The monoisotopic (exact) mass is 351 g/mol. The van der Waals surface area contributed by atoms with Crippen LogP contribution in [0.5, 0.6) is 11.5 Å². The molecule has 132 valence electrons. The molecule has 7 nitrogen and oxygen atoms in total. The topological polar surface area (TPSA) is 92.9 Å². The summed E-state index contributed by atoms with van der Waals surface area (Å²) < 4.78 is 10.6. The highest BCUT2D eigenvalue weighted by Gasteiger charge is 2.30. The van der Waals surface area contributed by atoms with Crippen LogP contribution in [-0.4, -0.2) is 31.9 Å². The van der Waals surface area contributed by atoms with Crippen LogP contribution < -0.4 is 14.8 Å². The Morgan fingerprint density at radius 1 is 1.23 bits per heavy atom. The molecule has 0 aromatic heterocycles. The van der Waals surface area contributed by atoms with Gasteiger partial charge in [-0.15, -0.1) is 0 Å². The van der Waals surface area contributed by atoms with E-state index in [9.17, 15) is 4.79 Å². The summed E-state index contributed by atoms with van der Waals surface area (Å²) in [6, 6.07) is 14.0. The summed E-state index contributed by atoms with van der Waals surface area (Å²) in [5.41, 5.74) is 2.45. The van der Waals surface area contributed by atoms with Crippen molar-refractivity contribution in [1.82, 2.24) is 0 Å². The van der Waals surface area contributed by atoms with Gasteiger partial charge in [0.15, 0.2) is 0 Å². The molecule has 0 unspecified atom stereocenters. The lowest BCUT2D eigenvalue weighted by molar-refractivity contribution is -0.125. The second kappa shape index (κ2) is 7.57. The smallest absolute Gasteiger partial charge is 0.268 e. The van der Waals surface area contributed by atoms with Crippen LogP contribution in [0.4, 0.5) is 5.69 Å². The molecule has 0 saturated carbocycles. The second-order valence-corrected chi connectivity index (χ2v) is 5.58. The Hall–Kier alpha value is -3.53. The van der Waals surface area contributed by atoms with Crippen LogP contribution >= 0.6 is 0 Å². The van der Waals surface area contributed by atoms with Crippen molar-refractivity contribution in [3.63, 3.8) is 0 Å². The molecule has 1 aliphatic rings. The van der Waals surface area contributed by atoms with Gasteiger partial charge in [-0.1, -0.05) is 5.16 Å². The number of methoxy groups -OCH3 is 2. The van der Waals surface area contributed by atoms with Crippen molar-refractivity contribution in [2.24, 2.45) is 5.16 Å². The van der Waals surface area contributed by atoms with Gasteiger partial charge in [0.2, 0.25) is 6.10 Å². The molecule has 1 N–H and O–H groups in total. The lowest BCUT2D eigenvalue weighted by atomic mass is 10.0. The van der Waals surface area contributed by atoms with Crippen LogP contribution in [0.15, 0.2) is 47.6 Å². The Morgan fingerprint density at radius 2 is 2.00 bits per heavy atom. The summed E-state index contributed by atoms with van der Waals surface area (Å²) in [6.45, 7) is 0. The quantitative estimate of drug-likeness (QED) is 0.894. The first-order valence-corrected chi connectivity index (χ1v) is 7.90. The molecule has 0 saturated heterocycles. The van der Waals surface area contributed by atoms with E-state index in [1.165, 1.54) is 0 Å². The number of nitrogens with zero attached hydrogens (tertiary/aromatic N) is 2. The predicted octanol–water partition coefficient (Wildman–Crippen LogP) is 2.71. The maximum Gasteiger partial charge on any atom is 0.268 e. The van der Waals surface area contributed by atoms with E-state index in [4.69, 9.17) is 19.6 Å². The molecule has 0 fully saturated rings. The van der Waals surface area contributed by atoms with E-state index in [2.05, 4.69) is 10.5 Å². The number of anilines is 1. The fourth-order valence-corrected chi connectivity index (χ4v) is 2.57. The lowest BCUT2D eigenvalue weighted by Gasteiger charge is -2.11. The van der Waals surface area contributed by atoms with E-state index < -0.39 is 6.10 Å². The number of amides is 1. The van der Waals surface area contributed by atoms with Crippen LogP contribution in [0.1, 0.15) is 17.5 Å². The molecule has 1 heterocycles. The van der Waals surface area contributed by atoms with Gasteiger partial charge in [-0.3, -0.25) is 4.79 Å². The number of ether oxygens (including phenoxy) is 2. The molecule has 2 aromatic rings. The van der Waals surface area contributed by atoms with E-state index in [1.54, 1.807) is 56.7 Å². The first-order valence-electron chi connectivity index (χ1n) is 7.90. The van der Waals surface area contributed by atoms with Gasteiger partial charge < -0.3 is 19.6 Å². The minimum absolute atomic E-state index is 0.310. The summed E-state index contributed by atoms with van der Waals surface area (Å²) in [6.07, 6.45) is -0.428. The van der Waals surface area contributed by atoms with Crippen molar-refractivity contribution in [3.05, 3.63) is 53.6 Å². The van der Waals surface area contributed by atoms with Gasteiger partial charge in [0, 0.05) is 17.7 Å². The molecule has 1 amide bonds. The Labute approximate surface area is 150 Å². The molecule has 1 atom stereocenters. The summed E-state index contributed by atoms with van der Waals surface area (Å²) in [7, 11) is 3.14. The van der Waals surface area contributed by atoms with Gasteiger partial charge in [-0.05, 0) is 42.5 Å². The SMILES string of the molecule is COc1ccc(OC)c(C2=NO[C@@H](C(=O)Nc3ccc(C#N)cc3)C2)c1. The molecule has 0 bridgehead atoms. The third kappa shape index (κ3) is 3.59. The zero-order valence-corrected chi connectivity index (χ0v) is 14.4. The third-order valence-corrected chi connectivity index (χ3v) is 3.96. The van der Waals surface area contributed by atoms with E-state index in [1.807, 2.05) is 6.07 Å². The summed E-state index contributed by atoms with van der Waals surface area (Å²) in [5, 5.41) is 15.6. The van der Waals surface area contributed by atoms with Crippen molar-refractivity contribution in [3.8, 4) is 17.6 Å². The highest BCUT2D eigenvalue weighted by atomic mass is 16.6. The summed E-state index contributed by atoms with van der Waals surface area (Å²) >= 11 is 0. The van der Waals surface area contributed by atoms with Gasteiger partial charge in [-0.25, -0.2) is 0 Å². The van der Waals surface area contributed by atoms with Crippen LogP contribution in [0, 0.1) is 11.3 Å². The van der Waals surface area contributed by atoms with Crippen molar-refractivity contribution in [2.45, 2.75) is 12.5 Å². The Balaban J connectivity index is 1.69. The average Bonchev–Trinajstić information content (AvgIpc) is 3.18. The Morgan fingerprint density at radius 3 is 2.65 bits per heavy atom. The van der Waals surface area contributed by atoms with Crippen LogP contribution in [0.3, 0.4) is 0 Å². The minimum Gasteiger partial charge on any atom is -0.497 e. The number of hydrogen-bond acceptors (Lipinski definition) is 6. The molecule has 3 rings (SSSR count). The number of nitrogens with one attached hydrogen (secondary N) is 1. The number of hydrogen-bond donors (Lipinski definition) is 1. The second-order valence-electron chi connectivity index (χ2n) is 5.58. The first kappa shape index (κ1) is 17.3. The lowest BCUT2D eigenvalue weighted by Crippen LogP contribution is -2.28. The molecular weight excluding hydrogens is 334 g/mol. The van der Waals surface area contributed by atoms with Gasteiger partial charge in [-0.2, -0.15) is 5.26 Å². The third-order valence-electron chi connectivity index (χ3n) is 3.96. The number of benzene rings is 2. The molecule has 2 aromatic carbocycles. The highest BCUT2D eigenvalue weighted by Crippen LogP contribution is 2.29. The van der Waals surface area contributed by atoms with Crippen LogP contribution in [0.2, 0.25) is 0 Å². The van der Waals surface area contributed by atoms with E-state index in [-0.39, 0.29) is 5.91 Å². The van der Waals surface area contributed by atoms with E-state index in [0.29, 0.717) is 34.9 Å². The number of rotatable bonds is 5. The summed E-state index contributed by atoms with van der Waals surface area (Å²) in [5.74, 6) is 0.977. The number of carbonyl (C=O) groups excluding carboxylic acids is 1. The van der Waals surface area contributed by atoms with Gasteiger partial charge >= 0.3 is 0 Å². The fraction of sp³-hybridized carbons (Fsp3) is 0.211. The molecule has 26 heavy (non-hydrogen) atoms. The van der Waals surface area contributed by atoms with Crippen LogP contribution in [0.25, 0.3) is 0 Å². The van der Waals surface area contributed by atoms with Gasteiger partial charge in [0.1, 0.15) is 11.5 Å². The van der Waals surface area contributed by atoms with Crippen LogP contribution in [-0.2, 0) is 9.63 Å². The zero-order chi connectivity index (χ0) is 18.5. The van der Waals surface area contributed by atoms with Crippen molar-refractivity contribution in [1.29, 1.82) is 5.26 Å². The normalized spacial score (nSPS) is 15.4. The molecular formula is C19H17N3O4.